The van der Waals surface area contributed by atoms with Gasteiger partial charge in [-0.05, 0) is 35.7 Å². The second-order valence-corrected chi connectivity index (χ2v) is 7.68. The maximum atomic E-state index is 13.5. The monoisotopic (exact) mass is 425 g/mol. The number of halogens is 1. The van der Waals surface area contributed by atoms with Gasteiger partial charge in [0, 0.05) is 18.0 Å². The van der Waals surface area contributed by atoms with E-state index < -0.39 is 35.7 Å². The molecule has 1 heterocycles. The number of hydrogen-bond acceptors (Lipinski definition) is 3. The summed E-state index contributed by atoms with van der Waals surface area (Å²) in [6, 6.07) is 11.9. The predicted molar refractivity (Wildman–Crippen MR) is 114 cm³/mol. The molecule has 2 atom stereocenters. The highest BCUT2D eigenvalue weighted by molar-refractivity contribution is 6.01. The number of amides is 2. The lowest BCUT2D eigenvalue weighted by molar-refractivity contribution is -0.142. The Morgan fingerprint density at radius 2 is 1.68 bits per heavy atom. The van der Waals surface area contributed by atoms with Crippen molar-refractivity contribution in [1.29, 1.82) is 0 Å². The number of carbonyl (C=O) groups excluding carboxylic acids is 2. The molecule has 0 spiro atoms. The van der Waals surface area contributed by atoms with Gasteiger partial charge in [0.25, 0.3) is 5.91 Å². The number of nitrogens with one attached hydrogen (secondary N) is 2. The first kappa shape index (κ1) is 22.0. The molecule has 3 N–H and O–H groups in total. The van der Waals surface area contributed by atoms with Crippen LogP contribution in [-0.4, -0.2) is 33.5 Å². The Morgan fingerprint density at radius 3 is 2.29 bits per heavy atom. The van der Waals surface area contributed by atoms with E-state index in [1.54, 1.807) is 67.9 Å². The number of aromatic nitrogens is 1. The minimum atomic E-state index is -1.24. The lowest BCUT2D eigenvalue weighted by atomic mass is 10.0. The van der Waals surface area contributed by atoms with Crippen LogP contribution in [0.3, 0.4) is 0 Å². The fraction of sp³-hybridized carbons (Fsp3) is 0.261. The molecular weight excluding hydrogens is 401 g/mol. The van der Waals surface area contributed by atoms with E-state index in [4.69, 9.17) is 0 Å². The first-order valence-corrected chi connectivity index (χ1v) is 9.83. The molecule has 162 valence electrons. The number of rotatable bonds is 7. The molecule has 2 amide bonds. The van der Waals surface area contributed by atoms with Crippen molar-refractivity contribution in [2.45, 2.75) is 25.9 Å². The first-order valence-electron chi connectivity index (χ1n) is 9.83. The molecule has 3 aromatic rings. The molecule has 7 nitrogen and oxygen atoms in total. The third-order valence-electron chi connectivity index (χ3n) is 5.14. The van der Waals surface area contributed by atoms with Crippen molar-refractivity contribution in [2.75, 3.05) is 0 Å². The minimum absolute atomic E-state index is 0.261. The molecule has 0 aliphatic carbocycles. The number of fused-ring (bicyclic) bond motifs is 1. The largest absolute Gasteiger partial charge is 0.479 e. The zero-order valence-electron chi connectivity index (χ0n) is 17.4. The van der Waals surface area contributed by atoms with Gasteiger partial charge in [-0.2, -0.15) is 0 Å². The molecule has 1 aromatic heterocycles. The highest BCUT2D eigenvalue weighted by Gasteiger charge is 2.30. The van der Waals surface area contributed by atoms with E-state index in [2.05, 4.69) is 10.6 Å². The first-order chi connectivity index (χ1) is 14.7. The number of aliphatic carboxylic acids is 1. The van der Waals surface area contributed by atoms with Gasteiger partial charge < -0.3 is 20.3 Å². The normalized spacial score (nSPS) is 13.1. The Bertz CT molecular complexity index is 1120. The van der Waals surface area contributed by atoms with Gasteiger partial charge in [0.15, 0.2) is 6.04 Å². The van der Waals surface area contributed by atoms with Crippen molar-refractivity contribution in [2.24, 2.45) is 13.0 Å². The fourth-order valence-corrected chi connectivity index (χ4v) is 3.45. The molecule has 0 aliphatic rings. The smallest absolute Gasteiger partial charge is 0.330 e. The van der Waals surface area contributed by atoms with Crippen LogP contribution in [-0.2, 0) is 16.6 Å². The molecule has 0 saturated heterocycles. The molecule has 3 rings (SSSR count). The van der Waals surface area contributed by atoms with Crippen molar-refractivity contribution < 1.29 is 23.9 Å². The van der Waals surface area contributed by atoms with Crippen LogP contribution >= 0.6 is 0 Å². The van der Waals surface area contributed by atoms with Crippen molar-refractivity contribution in [3.8, 4) is 0 Å². The van der Waals surface area contributed by atoms with E-state index in [0.29, 0.717) is 16.5 Å². The zero-order valence-corrected chi connectivity index (χ0v) is 17.4. The Morgan fingerprint density at radius 1 is 1.00 bits per heavy atom. The third kappa shape index (κ3) is 4.74. The minimum Gasteiger partial charge on any atom is -0.479 e. The summed E-state index contributed by atoms with van der Waals surface area (Å²) in [5.74, 6) is -3.04. The van der Waals surface area contributed by atoms with Gasteiger partial charge >= 0.3 is 5.97 Å². The topological polar surface area (TPSA) is 100 Å². The number of nitrogens with zero attached hydrogens (tertiary/aromatic N) is 1. The van der Waals surface area contributed by atoms with E-state index in [1.165, 1.54) is 12.1 Å². The Hall–Kier alpha value is -3.68. The molecule has 2 aromatic carbocycles. The third-order valence-corrected chi connectivity index (χ3v) is 5.14. The summed E-state index contributed by atoms with van der Waals surface area (Å²) in [6.45, 7) is 3.50. The average molecular weight is 425 g/mol. The summed E-state index contributed by atoms with van der Waals surface area (Å²) in [4.78, 5) is 37.5. The number of carbonyl (C=O) groups is 3. The van der Waals surface area contributed by atoms with Crippen molar-refractivity contribution in [3.05, 3.63) is 71.7 Å². The summed E-state index contributed by atoms with van der Waals surface area (Å²) >= 11 is 0. The summed E-state index contributed by atoms with van der Waals surface area (Å²) in [5, 5.41) is 15.3. The average Bonchev–Trinajstić information content (AvgIpc) is 3.05. The Balaban J connectivity index is 1.82. The van der Waals surface area contributed by atoms with Crippen LogP contribution in [0.2, 0.25) is 0 Å². The maximum Gasteiger partial charge on any atom is 0.330 e. The second-order valence-electron chi connectivity index (χ2n) is 7.68. The van der Waals surface area contributed by atoms with Gasteiger partial charge in [0.2, 0.25) is 5.91 Å². The predicted octanol–water partition coefficient (Wildman–Crippen LogP) is 3.01. The van der Waals surface area contributed by atoms with Crippen LogP contribution < -0.4 is 10.6 Å². The van der Waals surface area contributed by atoms with Crippen LogP contribution in [0, 0.1) is 11.7 Å². The number of hydrogen-bond donors (Lipinski definition) is 3. The van der Waals surface area contributed by atoms with Crippen LogP contribution in [0.15, 0.2) is 54.6 Å². The van der Waals surface area contributed by atoms with Gasteiger partial charge in [0.1, 0.15) is 17.6 Å². The summed E-state index contributed by atoms with van der Waals surface area (Å²) in [7, 11) is 1.68. The van der Waals surface area contributed by atoms with Gasteiger partial charge in [-0.15, -0.1) is 0 Å². The summed E-state index contributed by atoms with van der Waals surface area (Å²) in [6.07, 6.45) is 0. The van der Waals surface area contributed by atoms with Crippen LogP contribution in [0.1, 0.15) is 35.9 Å². The molecule has 0 fully saturated rings. The van der Waals surface area contributed by atoms with E-state index >= 15 is 0 Å². The molecule has 8 heteroatoms. The number of benzene rings is 2. The van der Waals surface area contributed by atoms with Gasteiger partial charge in [-0.1, -0.05) is 44.2 Å². The Labute approximate surface area is 178 Å². The van der Waals surface area contributed by atoms with E-state index in [-0.39, 0.29) is 11.6 Å². The maximum absolute atomic E-state index is 13.5. The number of carboxylic acid groups (broad SMARTS) is 1. The Kier molecular flexibility index (Phi) is 6.39. The molecule has 0 bridgehead atoms. The van der Waals surface area contributed by atoms with Crippen LogP contribution in [0.4, 0.5) is 4.39 Å². The van der Waals surface area contributed by atoms with Gasteiger partial charge in [0.05, 0.1) is 0 Å². The quantitative estimate of drug-likeness (QED) is 0.542. The molecule has 0 saturated carbocycles. The van der Waals surface area contributed by atoms with E-state index in [0.717, 1.165) is 0 Å². The molecule has 0 radical (unpaired) electrons. The lowest BCUT2D eigenvalue weighted by Crippen LogP contribution is -2.51. The highest BCUT2D eigenvalue weighted by Crippen LogP contribution is 2.20. The molecule has 31 heavy (non-hydrogen) atoms. The second kappa shape index (κ2) is 8.99. The van der Waals surface area contributed by atoms with Gasteiger partial charge in [-0.25, -0.2) is 9.18 Å². The van der Waals surface area contributed by atoms with Crippen LogP contribution in [0.25, 0.3) is 10.9 Å². The summed E-state index contributed by atoms with van der Waals surface area (Å²) in [5.41, 5.74) is 1.36. The molecular formula is C23H24FN3O4. The number of aryl methyl sites for hydroxylation is 1. The number of carboxylic acids is 1. The van der Waals surface area contributed by atoms with Crippen molar-refractivity contribution in [3.63, 3.8) is 0 Å². The van der Waals surface area contributed by atoms with Crippen LogP contribution in [0.5, 0.6) is 0 Å². The highest BCUT2D eigenvalue weighted by atomic mass is 19.1. The van der Waals surface area contributed by atoms with Crippen molar-refractivity contribution >= 4 is 28.7 Å². The van der Waals surface area contributed by atoms with E-state index in [9.17, 15) is 23.9 Å². The fourth-order valence-electron chi connectivity index (χ4n) is 3.45. The van der Waals surface area contributed by atoms with Gasteiger partial charge in [-0.3, -0.25) is 9.59 Å². The summed E-state index contributed by atoms with van der Waals surface area (Å²) < 4.78 is 15.1. The zero-order chi connectivity index (χ0) is 22.7. The van der Waals surface area contributed by atoms with Crippen molar-refractivity contribution in [1.82, 2.24) is 15.2 Å². The SMILES string of the molecule is CC(C)C(NC(=O)c1cc2cc(F)ccc2n1C)C(=O)NC(C(=O)O)c1ccccc1. The molecule has 2 unspecified atom stereocenters. The molecule has 0 aliphatic heterocycles. The lowest BCUT2D eigenvalue weighted by Gasteiger charge is -2.24. The standard InChI is InChI=1S/C23H24FN3O4/c1-13(2)19(22(29)26-20(23(30)31)14-7-5-4-6-8-14)25-21(28)18-12-15-11-16(24)9-10-17(15)27(18)3/h4-13,19-20H,1-3H3,(H,25,28)(H,26,29)(H,30,31). The van der Waals surface area contributed by atoms with E-state index in [1.807, 2.05) is 0 Å².